The maximum atomic E-state index is 12.9. The van der Waals surface area contributed by atoms with Gasteiger partial charge < -0.3 is 19.2 Å². The van der Waals surface area contributed by atoms with Crippen molar-refractivity contribution in [1.29, 1.82) is 0 Å². The molecule has 0 spiro atoms. The number of furan rings is 1. The number of methoxy groups -OCH3 is 1. The molecule has 3 rings (SSSR count). The molecule has 9 nitrogen and oxygen atoms in total. The molecule has 3 aromatic rings. The molecule has 0 atom stereocenters. The second-order valence-corrected chi connectivity index (χ2v) is 9.06. The van der Waals surface area contributed by atoms with Crippen LogP contribution in [0.1, 0.15) is 66.6 Å². The van der Waals surface area contributed by atoms with E-state index in [4.69, 9.17) is 13.9 Å². The van der Waals surface area contributed by atoms with Gasteiger partial charge in [0, 0.05) is 0 Å². The number of carbonyl (C=O) groups is 3. The van der Waals surface area contributed by atoms with Crippen LogP contribution in [0.4, 0.5) is 5.00 Å². The van der Waals surface area contributed by atoms with Gasteiger partial charge in [-0.2, -0.15) is 5.10 Å². The molecule has 1 amide bonds. The summed E-state index contributed by atoms with van der Waals surface area (Å²) in [7, 11) is 1.25. The Hall–Kier alpha value is -2.92. The van der Waals surface area contributed by atoms with E-state index in [0.717, 1.165) is 27.2 Å². The number of amides is 1. The number of anilines is 1. The number of nitrogens with one attached hydrogen (secondary N) is 1. The van der Waals surface area contributed by atoms with Gasteiger partial charge in [-0.1, -0.05) is 6.92 Å². The number of rotatable bonds is 8. The maximum Gasteiger partial charge on any atom is 0.348 e. The Bertz CT molecular complexity index is 1210. The zero-order valence-corrected chi connectivity index (χ0v) is 21.3. The molecule has 33 heavy (non-hydrogen) atoms. The zero-order chi connectivity index (χ0) is 24.3. The van der Waals surface area contributed by atoms with Crippen molar-refractivity contribution in [2.45, 2.75) is 40.7 Å². The summed E-state index contributed by atoms with van der Waals surface area (Å²) < 4.78 is 18.4. The Morgan fingerprint density at radius 2 is 1.94 bits per heavy atom. The topological polar surface area (TPSA) is 113 Å². The Kier molecular flexibility index (Phi) is 7.75. The molecule has 3 heterocycles. The van der Waals surface area contributed by atoms with E-state index in [1.165, 1.54) is 7.11 Å². The number of aryl methyl sites for hydroxylation is 1. The van der Waals surface area contributed by atoms with Gasteiger partial charge in [-0.05, 0) is 60.8 Å². The number of carbonyl (C=O) groups excluding carboxylic acids is 3. The number of esters is 2. The van der Waals surface area contributed by atoms with E-state index < -0.39 is 17.8 Å². The van der Waals surface area contributed by atoms with Crippen LogP contribution in [-0.4, -0.2) is 41.3 Å². The third-order valence-corrected chi connectivity index (χ3v) is 7.21. The molecule has 0 aromatic carbocycles. The van der Waals surface area contributed by atoms with Crippen LogP contribution < -0.4 is 5.32 Å². The lowest BCUT2D eigenvalue weighted by Gasteiger charge is -2.07. The highest BCUT2D eigenvalue weighted by molar-refractivity contribution is 9.10. The van der Waals surface area contributed by atoms with Crippen molar-refractivity contribution in [3.63, 3.8) is 0 Å². The van der Waals surface area contributed by atoms with Crippen LogP contribution in [0.2, 0.25) is 0 Å². The van der Waals surface area contributed by atoms with Crippen molar-refractivity contribution < 1.29 is 28.3 Å². The van der Waals surface area contributed by atoms with Gasteiger partial charge in [0.2, 0.25) is 0 Å². The summed E-state index contributed by atoms with van der Waals surface area (Å²) in [6, 6.07) is 3.23. The SMILES string of the molecule is CCCOC(=O)c1c(NC(=O)c2ccc(Cn3nc(C)c(Br)c3C)o2)sc(C(=O)OC)c1C. The third-order valence-electron chi connectivity index (χ3n) is 4.87. The molecule has 0 saturated heterocycles. The minimum Gasteiger partial charge on any atom is -0.465 e. The molecular weight excluding hydrogens is 514 g/mol. The fourth-order valence-corrected chi connectivity index (χ4v) is 4.52. The van der Waals surface area contributed by atoms with Crippen molar-refractivity contribution in [3.05, 3.63) is 55.5 Å². The predicted octanol–water partition coefficient (Wildman–Crippen LogP) is 4.88. The van der Waals surface area contributed by atoms with Crippen molar-refractivity contribution in [2.24, 2.45) is 0 Å². The van der Waals surface area contributed by atoms with Gasteiger partial charge in [-0.25, -0.2) is 9.59 Å². The van der Waals surface area contributed by atoms with E-state index in [9.17, 15) is 14.4 Å². The molecule has 0 saturated carbocycles. The minimum atomic E-state index is -0.619. The molecule has 0 bridgehead atoms. The Balaban J connectivity index is 1.84. The van der Waals surface area contributed by atoms with Gasteiger partial charge in [0.15, 0.2) is 5.76 Å². The standard InChI is InChI=1S/C22H24BrN3O6S/c1-6-9-31-21(28)16-11(2)18(22(29)30-5)33-20(16)24-19(27)15-8-7-14(32-15)10-26-13(4)17(23)12(3)25-26/h7-8H,6,9-10H2,1-5H3,(H,24,27). The van der Waals surface area contributed by atoms with E-state index in [-0.39, 0.29) is 27.8 Å². The lowest BCUT2D eigenvalue weighted by atomic mass is 10.1. The molecule has 0 unspecified atom stereocenters. The summed E-state index contributed by atoms with van der Waals surface area (Å²) in [6.07, 6.45) is 0.640. The Morgan fingerprint density at radius 3 is 2.55 bits per heavy atom. The van der Waals surface area contributed by atoms with Gasteiger partial charge in [0.1, 0.15) is 15.6 Å². The van der Waals surface area contributed by atoms with E-state index in [2.05, 4.69) is 26.3 Å². The summed E-state index contributed by atoms with van der Waals surface area (Å²) in [5.74, 6) is -1.18. The zero-order valence-electron chi connectivity index (χ0n) is 18.9. The second kappa shape index (κ2) is 10.3. The highest BCUT2D eigenvalue weighted by Crippen LogP contribution is 2.34. The highest BCUT2D eigenvalue weighted by atomic mass is 79.9. The summed E-state index contributed by atoms with van der Waals surface area (Å²) in [4.78, 5) is 37.8. The average molecular weight is 538 g/mol. The molecule has 176 valence electrons. The van der Waals surface area contributed by atoms with E-state index in [1.54, 1.807) is 23.7 Å². The molecule has 0 fully saturated rings. The summed E-state index contributed by atoms with van der Waals surface area (Å²) in [6.45, 7) is 7.87. The van der Waals surface area contributed by atoms with Gasteiger partial charge in [-0.15, -0.1) is 11.3 Å². The van der Waals surface area contributed by atoms with Crippen molar-refractivity contribution >= 4 is 50.1 Å². The minimum absolute atomic E-state index is 0.0594. The second-order valence-electron chi connectivity index (χ2n) is 7.25. The number of nitrogens with zero attached hydrogens (tertiary/aromatic N) is 2. The van der Waals surface area contributed by atoms with Crippen molar-refractivity contribution in [1.82, 2.24) is 9.78 Å². The van der Waals surface area contributed by atoms with E-state index in [1.807, 2.05) is 20.8 Å². The largest absolute Gasteiger partial charge is 0.465 e. The van der Waals surface area contributed by atoms with Crippen LogP contribution in [0.25, 0.3) is 0 Å². The smallest absolute Gasteiger partial charge is 0.348 e. The Morgan fingerprint density at radius 1 is 1.21 bits per heavy atom. The van der Waals surface area contributed by atoms with Crippen LogP contribution in [0.5, 0.6) is 0 Å². The quantitative estimate of drug-likeness (QED) is 0.407. The molecule has 0 radical (unpaired) electrons. The first-order chi connectivity index (χ1) is 15.7. The fourth-order valence-electron chi connectivity index (χ4n) is 3.13. The molecule has 11 heteroatoms. The molecule has 0 aliphatic carbocycles. The van der Waals surface area contributed by atoms with E-state index in [0.29, 0.717) is 24.3 Å². The maximum absolute atomic E-state index is 12.9. The first-order valence-electron chi connectivity index (χ1n) is 10.2. The first kappa shape index (κ1) is 24.7. The third kappa shape index (κ3) is 5.19. The van der Waals surface area contributed by atoms with Crippen molar-refractivity contribution in [2.75, 3.05) is 19.0 Å². The molecule has 3 aromatic heterocycles. The highest BCUT2D eigenvalue weighted by Gasteiger charge is 2.28. The molecular formula is C22H24BrN3O6S. The number of halogens is 1. The lowest BCUT2D eigenvalue weighted by Crippen LogP contribution is -2.14. The molecule has 0 aliphatic heterocycles. The van der Waals surface area contributed by atoms with Crippen LogP contribution >= 0.6 is 27.3 Å². The van der Waals surface area contributed by atoms with Crippen molar-refractivity contribution in [3.8, 4) is 0 Å². The monoisotopic (exact) mass is 537 g/mol. The van der Waals surface area contributed by atoms with Crippen LogP contribution in [0.15, 0.2) is 21.0 Å². The summed E-state index contributed by atoms with van der Waals surface area (Å²) in [5.41, 5.74) is 2.31. The van der Waals surface area contributed by atoms with Gasteiger partial charge in [0.05, 0.1) is 41.7 Å². The fraction of sp³-hybridized carbons (Fsp3) is 0.364. The number of hydrogen-bond acceptors (Lipinski definition) is 8. The first-order valence-corrected chi connectivity index (χ1v) is 11.8. The Labute approximate surface area is 203 Å². The van der Waals surface area contributed by atoms with Crippen LogP contribution in [0.3, 0.4) is 0 Å². The van der Waals surface area contributed by atoms with Crippen LogP contribution in [0, 0.1) is 20.8 Å². The number of hydrogen-bond donors (Lipinski definition) is 1. The van der Waals surface area contributed by atoms with Gasteiger partial charge >= 0.3 is 11.9 Å². The molecule has 1 N–H and O–H groups in total. The van der Waals surface area contributed by atoms with E-state index >= 15 is 0 Å². The van der Waals surface area contributed by atoms with Gasteiger partial charge in [0.25, 0.3) is 5.91 Å². The average Bonchev–Trinajstić information content (AvgIpc) is 3.45. The number of thiophene rings is 1. The lowest BCUT2D eigenvalue weighted by molar-refractivity contribution is 0.0506. The summed E-state index contributed by atoms with van der Waals surface area (Å²) >= 11 is 4.44. The predicted molar refractivity (Wildman–Crippen MR) is 126 cm³/mol. The number of aromatic nitrogens is 2. The normalized spacial score (nSPS) is 10.8. The van der Waals surface area contributed by atoms with Gasteiger partial charge in [-0.3, -0.25) is 9.48 Å². The summed E-state index contributed by atoms with van der Waals surface area (Å²) in [5, 5.41) is 7.30. The van der Waals surface area contributed by atoms with Crippen LogP contribution in [-0.2, 0) is 16.0 Å². The number of ether oxygens (including phenoxy) is 2. The molecule has 0 aliphatic rings.